The molecule has 618 valence electrons. The molecule has 0 aromatic heterocycles. The van der Waals surface area contributed by atoms with E-state index in [1.807, 2.05) is 44.2 Å². The predicted molar refractivity (Wildman–Crippen MR) is 543 cm³/mol. The molecule has 2 heterocycles. The first-order valence-electron chi connectivity index (χ1n) is 44.4. The van der Waals surface area contributed by atoms with E-state index in [1.54, 1.807) is 0 Å². The summed E-state index contributed by atoms with van der Waals surface area (Å²) in [7, 11) is 1.44. The molecule has 2 aliphatic rings. The van der Waals surface area contributed by atoms with Crippen LogP contribution in [0.5, 0.6) is 0 Å². The van der Waals surface area contributed by atoms with Gasteiger partial charge in [-0.1, -0.05) is 346 Å². The molecule has 0 unspecified atom stereocenters. The van der Waals surface area contributed by atoms with E-state index < -0.39 is 11.6 Å². The van der Waals surface area contributed by atoms with Crippen LogP contribution in [0.3, 0.4) is 0 Å². The third-order valence-electron chi connectivity index (χ3n) is 25.2. The number of hydrogen-bond acceptors (Lipinski definition) is 5. The van der Waals surface area contributed by atoms with Gasteiger partial charge in [0.25, 0.3) is 0 Å². The molecule has 5 heteroatoms. The number of carbonyl (C=O) groups excluding carboxylic acids is 1. The zero-order valence-corrected chi connectivity index (χ0v) is 72.3. The molecule has 0 fully saturated rings. The molecule has 5 nitrogen and oxygen atoms in total. The summed E-state index contributed by atoms with van der Waals surface area (Å²) >= 11 is 0. The molecule has 0 saturated carbocycles. The van der Waals surface area contributed by atoms with E-state index >= 15 is 0 Å². The number of esters is 1. The molecule has 1 N–H and O–H groups in total. The summed E-state index contributed by atoms with van der Waals surface area (Å²) < 4.78 is 5.42. The number of nitrogens with zero attached hydrogens (tertiary/aromatic N) is 2. The summed E-state index contributed by atoms with van der Waals surface area (Å²) in [4.78, 5) is 18.2. The minimum atomic E-state index is -1.10. The van der Waals surface area contributed by atoms with Gasteiger partial charge in [0.2, 0.25) is 0 Å². The SMILES string of the molecule is CC(C)(O)c1ccccc1N1c2ccc(-c3cc(-c4ccccc4)cc(-c4ccccc4)c3)cc2-c2ccccc2-c2cc(-c3cc(-c4ccccc4)cc(-c4ccccc4)c3)ccc21.COC(=O)c1ccccc1N1c2ccc(-c3cc(-c4ccccc4)cc(-c4ccccc4)c3)cc2-c2ccccc2-c2cc(-c3cc(-c4ccccc4)cc(-c4ccccc4)c3)ccc21. The Bertz CT molecular complexity index is 6980. The zero-order valence-electron chi connectivity index (χ0n) is 72.3. The van der Waals surface area contributed by atoms with E-state index in [2.05, 4.69) is 465 Å². The zero-order chi connectivity index (χ0) is 87.6. The van der Waals surface area contributed by atoms with Crippen molar-refractivity contribution < 1.29 is 14.6 Å². The van der Waals surface area contributed by atoms with Gasteiger partial charge in [0.15, 0.2) is 0 Å². The quantitative estimate of drug-likeness (QED) is 0.0977. The van der Waals surface area contributed by atoms with Crippen LogP contribution in [-0.4, -0.2) is 18.2 Å². The number of aliphatic hydroxyl groups is 1. The van der Waals surface area contributed by atoms with Crippen LogP contribution in [0.4, 0.5) is 34.1 Å². The summed E-state index contributed by atoms with van der Waals surface area (Å²) in [6.07, 6.45) is 0. The summed E-state index contributed by atoms with van der Waals surface area (Å²) in [5, 5.41) is 11.8. The molecule has 20 aromatic rings. The number of fused-ring (bicyclic) bond motifs is 10. The topological polar surface area (TPSA) is 53.0 Å². The van der Waals surface area contributed by atoms with Crippen molar-refractivity contribution in [2.45, 2.75) is 19.4 Å². The summed E-state index contributed by atoms with van der Waals surface area (Å²) in [5.74, 6) is -0.393. The van der Waals surface area contributed by atoms with Crippen LogP contribution in [0.25, 0.3) is 178 Å². The molecule has 130 heavy (non-hydrogen) atoms. The maximum absolute atomic E-state index is 13.6. The van der Waals surface area contributed by atoms with Crippen molar-refractivity contribution in [2.24, 2.45) is 0 Å². The van der Waals surface area contributed by atoms with Crippen LogP contribution in [0.2, 0.25) is 0 Å². The summed E-state index contributed by atoms with van der Waals surface area (Å²) in [6.45, 7) is 3.75. The Balaban J connectivity index is 0.000000157. The van der Waals surface area contributed by atoms with Crippen molar-refractivity contribution >= 4 is 40.1 Å². The molecule has 0 amide bonds. The van der Waals surface area contributed by atoms with Crippen LogP contribution in [-0.2, 0) is 10.3 Å². The number of para-hydroxylation sites is 2. The number of hydrogen-bond donors (Lipinski definition) is 1. The van der Waals surface area contributed by atoms with Crippen molar-refractivity contribution in [3.05, 3.63) is 496 Å². The molecule has 22 rings (SSSR count). The summed E-state index contributed by atoms with van der Waals surface area (Å²) in [5.41, 5.74) is 42.4. The molecule has 2 aliphatic heterocycles. The van der Waals surface area contributed by atoms with Gasteiger partial charge in [0, 0.05) is 27.8 Å². The van der Waals surface area contributed by atoms with Gasteiger partial charge in [-0.2, -0.15) is 0 Å². The third-order valence-corrected chi connectivity index (χ3v) is 25.2. The first kappa shape index (κ1) is 80.5. The monoisotopic (exact) mass is 1670 g/mol. The van der Waals surface area contributed by atoms with Gasteiger partial charge in [-0.05, 0) is 309 Å². The van der Waals surface area contributed by atoms with Crippen molar-refractivity contribution in [3.63, 3.8) is 0 Å². The molecule has 20 aromatic carbocycles. The average molecular weight is 1670 g/mol. The molecule has 0 radical (unpaired) electrons. The lowest BCUT2D eigenvalue weighted by molar-refractivity contribution is 0.0601. The first-order valence-corrected chi connectivity index (χ1v) is 44.4. The second-order valence-corrected chi connectivity index (χ2v) is 33.9. The third kappa shape index (κ3) is 16.0. The van der Waals surface area contributed by atoms with Gasteiger partial charge in [0.1, 0.15) is 0 Å². The number of benzene rings is 20. The van der Waals surface area contributed by atoms with E-state index in [4.69, 9.17) is 4.74 Å². The van der Waals surface area contributed by atoms with Gasteiger partial charge in [-0.15, -0.1) is 0 Å². The van der Waals surface area contributed by atoms with E-state index in [0.29, 0.717) is 5.56 Å². The van der Waals surface area contributed by atoms with Crippen molar-refractivity contribution in [2.75, 3.05) is 16.9 Å². The Hall–Kier alpha value is -16.6. The molecule has 0 saturated heterocycles. The lowest BCUT2D eigenvalue weighted by atomic mass is 9.89. The fourth-order valence-electron chi connectivity index (χ4n) is 18.9. The number of carbonyl (C=O) groups is 1. The van der Waals surface area contributed by atoms with E-state index in [-0.39, 0.29) is 0 Å². The Morgan fingerprint density at radius 3 is 0.615 bits per heavy atom. The van der Waals surface area contributed by atoms with Crippen LogP contribution in [0.1, 0.15) is 29.8 Å². The van der Waals surface area contributed by atoms with Gasteiger partial charge in [-0.3, -0.25) is 0 Å². The number of methoxy groups -OCH3 is 1. The number of ether oxygens (including phenoxy) is 1. The van der Waals surface area contributed by atoms with Crippen LogP contribution in [0, 0.1) is 0 Å². The van der Waals surface area contributed by atoms with Gasteiger partial charge in [0.05, 0.1) is 52.4 Å². The standard InChI is InChI=1S/C63H47NO.C62H43NO2/c1-63(2,65)59-29-17-18-30-62(59)64-60-33-31-47(53-37-49(43-19-7-3-8-20-43)35-50(38-53)44-21-9-4-10-22-44)41-57(60)55-27-15-16-28-56(55)58-42-48(32-34-61(58)64)54-39-51(45-23-11-5-12-24-45)36-52(40-54)46-25-13-6-14-26-46;1-65-62(64)56-28-16-17-29-59(56)63-60-32-30-46(52-36-48(42-18-6-2-7-19-42)34-49(37-52)43-20-8-3-9-21-43)40-57(60)54-26-14-15-27-55(54)58-41-47(31-33-61(58)63)53-38-50(44-22-10-4-11-23-44)35-51(39-53)45-24-12-5-13-25-45/h3-42,65H,1-2H3;2-41H,1H3. The second-order valence-electron chi connectivity index (χ2n) is 33.9. The fraction of sp³-hybridized carbons (Fsp3) is 0.0320. The minimum Gasteiger partial charge on any atom is -0.465 e. The smallest absolute Gasteiger partial charge is 0.339 e. The number of rotatable bonds is 16. The fourth-order valence-corrected chi connectivity index (χ4v) is 18.9. The number of anilines is 6. The molecule has 0 bridgehead atoms. The minimum absolute atomic E-state index is 0.393. The molecular formula is C125H90N2O3. The van der Waals surface area contributed by atoms with Crippen LogP contribution >= 0.6 is 0 Å². The first-order chi connectivity index (χ1) is 63.9. The normalized spacial score (nSPS) is 11.7. The van der Waals surface area contributed by atoms with Gasteiger partial charge in [-0.25, -0.2) is 4.79 Å². The van der Waals surface area contributed by atoms with Crippen molar-refractivity contribution in [1.82, 2.24) is 0 Å². The molecule has 0 atom stereocenters. The van der Waals surface area contributed by atoms with Crippen molar-refractivity contribution in [3.8, 4) is 178 Å². The molecular weight excluding hydrogens is 1580 g/mol. The van der Waals surface area contributed by atoms with Gasteiger partial charge >= 0.3 is 5.97 Å². The second kappa shape index (κ2) is 35.1. The highest BCUT2D eigenvalue weighted by Gasteiger charge is 2.34. The van der Waals surface area contributed by atoms with E-state index in [0.717, 1.165) is 173 Å². The lowest BCUT2D eigenvalue weighted by Crippen LogP contribution is -2.21. The Labute approximate surface area is 760 Å². The lowest BCUT2D eigenvalue weighted by Gasteiger charge is -2.32. The highest BCUT2D eigenvalue weighted by Crippen LogP contribution is 2.57. The predicted octanol–water partition coefficient (Wildman–Crippen LogP) is 33.6. The van der Waals surface area contributed by atoms with E-state index in [1.165, 1.54) is 51.6 Å². The van der Waals surface area contributed by atoms with Gasteiger partial charge < -0.3 is 19.6 Å². The highest BCUT2D eigenvalue weighted by atomic mass is 16.5. The Morgan fingerprint density at radius 1 is 0.192 bits per heavy atom. The molecule has 0 spiro atoms. The average Bonchev–Trinajstić information content (AvgIpc) is 1.60. The van der Waals surface area contributed by atoms with E-state index in [9.17, 15) is 9.90 Å². The highest BCUT2D eigenvalue weighted by molar-refractivity contribution is 6.09. The van der Waals surface area contributed by atoms with Crippen LogP contribution < -0.4 is 9.80 Å². The summed E-state index contributed by atoms with van der Waals surface area (Å²) in [6, 6.07) is 173. The Kier molecular flexibility index (Phi) is 21.7. The largest absolute Gasteiger partial charge is 0.465 e. The van der Waals surface area contributed by atoms with Crippen molar-refractivity contribution in [1.29, 1.82) is 0 Å². The van der Waals surface area contributed by atoms with Crippen LogP contribution in [0.15, 0.2) is 485 Å². The maximum Gasteiger partial charge on any atom is 0.339 e. The Morgan fingerprint density at radius 2 is 0.385 bits per heavy atom. The maximum atomic E-state index is 13.6. The molecule has 0 aliphatic carbocycles.